The van der Waals surface area contributed by atoms with Gasteiger partial charge in [-0.3, -0.25) is 0 Å². The molecule has 21 heavy (non-hydrogen) atoms. The number of nitrogens with zero attached hydrogens (tertiary/aromatic N) is 1. The van der Waals surface area contributed by atoms with Gasteiger partial charge in [0.1, 0.15) is 5.82 Å². The van der Waals surface area contributed by atoms with E-state index >= 15 is 0 Å². The van der Waals surface area contributed by atoms with Gasteiger partial charge in [-0.05, 0) is 29.3 Å². The summed E-state index contributed by atoms with van der Waals surface area (Å²) in [4.78, 5) is 18.8. The van der Waals surface area contributed by atoms with E-state index < -0.39 is 5.97 Å². The molecule has 106 valence electrons. The number of nitrogens with one attached hydrogen (secondary N) is 1. The Balaban J connectivity index is 1.97. The molecule has 5 heteroatoms. The molecule has 0 aliphatic heterocycles. The zero-order valence-corrected chi connectivity index (χ0v) is 11.2. The van der Waals surface area contributed by atoms with Gasteiger partial charge < -0.3 is 15.2 Å². The van der Waals surface area contributed by atoms with Gasteiger partial charge in [-0.15, -0.1) is 0 Å². The van der Waals surface area contributed by atoms with Crippen molar-refractivity contribution in [2.24, 2.45) is 0 Å². The summed E-state index contributed by atoms with van der Waals surface area (Å²) in [5.41, 5.74) is 3.44. The number of aliphatic hydroxyl groups is 1. The highest BCUT2D eigenvalue weighted by Crippen LogP contribution is 2.18. The lowest BCUT2D eigenvalue weighted by molar-refractivity contribution is 0.0696. The molecule has 3 rings (SSSR count). The van der Waals surface area contributed by atoms with Gasteiger partial charge in [0.05, 0.1) is 23.2 Å². The largest absolute Gasteiger partial charge is 0.478 e. The first kappa shape index (κ1) is 13.3. The number of H-pyrrole nitrogens is 1. The number of rotatable bonds is 4. The third kappa shape index (κ3) is 2.64. The van der Waals surface area contributed by atoms with Crippen molar-refractivity contribution in [3.8, 4) is 0 Å². The Hall–Kier alpha value is -2.66. The molecule has 2 aromatic carbocycles. The van der Waals surface area contributed by atoms with Crippen molar-refractivity contribution in [1.29, 1.82) is 0 Å². The number of aliphatic hydroxyl groups excluding tert-OH is 1. The highest BCUT2D eigenvalue weighted by molar-refractivity contribution is 5.89. The number of aromatic amines is 1. The van der Waals surface area contributed by atoms with E-state index in [1.54, 1.807) is 18.2 Å². The number of hydrogen-bond acceptors (Lipinski definition) is 3. The van der Waals surface area contributed by atoms with Crippen LogP contribution in [0.4, 0.5) is 0 Å². The number of aromatic nitrogens is 2. The molecule has 0 bridgehead atoms. The molecule has 1 heterocycles. The van der Waals surface area contributed by atoms with Gasteiger partial charge in [0, 0.05) is 6.42 Å². The summed E-state index contributed by atoms with van der Waals surface area (Å²) in [6.45, 7) is -0.0278. The Bertz CT molecular complexity index is 808. The molecule has 0 radical (unpaired) electrons. The summed E-state index contributed by atoms with van der Waals surface area (Å²) in [5.74, 6) is -0.238. The van der Waals surface area contributed by atoms with Crippen LogP contribution < -0.4 is 0 Å². The minimum atomic E-state index is -0.940. The number of carbonyl (C=O) groups is 1. The number of fused-ring (bicyclic) bond motifs is 1. The summed E-state index contributed by atoms with van der Waals surface area (Å²) in [5, 5.41) is 18.3. The van der Waals surface area contributed by atoms with Crippen molar-refractivity contribution < 1.29 is 15.0 Å². The molecule has 0 saturated carbocycles. The number of aromatic carboxylic acids is 1. The van der Waals surface area contributed by atoms with Crippen molar-refractivity contribution in [1.82, 2.24) is 9.97 Å². The van der Waals surface area contributed by atoms with Gasteiger partial charge in [0.25, 0.3) is 0 Å². The van der Waals surface area contributed by atoms with Gasteiger partial charge >= 0.3 is 5.97 Å². The maximum Gasteiger partial charge on any atom is 0.335 e. The molecule has 0 unspecified atom stereocenters. The number of imidazole rings is 1. The smallest absolute Gasteiger partial charge is 0.335 e. The van der Waals surface area contributed by atoms with Crippen LogP contribution in [-0.2, 0) is 13.0 Å². The third-order valence-corrected chi connectivity index (χ3v) is 3.38. The normalized spacial score (nSPS) is 10.9. The first-order valence-corrected chi connectivity index (χ1v) is 6.57. The lowest BCUT2D eigenvalue weighted by Crippen LogP contribution is -2.03. The fourth-order valence-electron chi connectivity index (χ4n) is 2.35. The topological polar surface area (TPSA) is 86.2 Å². The van der Waals surface area contributed by atoms with Crippen LogP contribution >= 0.6 is 0 Å². The maximum atomic E-state index is 11.2. The highest BCUT2D eigenvalue weighted by Gasteiger charge is 2.11. The van der Waals surface area contributed by atoms with Crippen LogP contribution in [0.2, 0.25) is 0 Å². The van der Waals surface area contributed by atoms with Crippen LogP contribution in [0, 0.1) is 0 Å². The molecular weight excluding hydrogens is 268 g/mol. The van der Waals surface area contributed by atoms with Crippen LogP contribution in [0.1, 0.15) is 27.3 Å². The van der Waals surface area contributed by atoms with Gasteiger partial charge in [0.15, 0.2) is 0 Å². The zero-order valence-electron chi connectivity index (χ0n) is 11.2. The average Bonchev–Trinajstić information content (AvgIpc) is 2.88. The molecule has 1 aromatic heterocycles. The fourth-order valence-corrected chi connectivity index (χ4v) is 2.35. The average molecular weight is 282 g/mol. The number of carboxylic acid groups (broad SMARTS) is 1. The molecule has 3 aromatic rings. The van der Waals surface area contributed by atoms with E-state index in [-0.39, 0.29) is 12.2 Å². The van der Waals surface area contributed by atoms with Crippen molar-refractivity contribution >= 4 is 17.0 Å². The van der Waals surface area contributed by atoms with Crippen LogP contribution in [0.3, 0.4) is 0 Å². The van der Waals surface area contributed by atoms with Crippen LogP contribution in [0.5, 0.6) is 0 Å². The van der Waals surface area contributed by atoms with E-state index in [4.69, 9.17) is 5.11 Å². The number of benzene rings is 2. The van der Waals surface area contributed by atoms with Crippen molar-refractivity contribution in [3.05, 3.63) is 65.0 Å². The summed E-state index contributed by atoms with van der Waals surface area (Å²) < 4.78 is 0. The maximum absolute atomic E-state index is 11.2. The molecule has 5 nitrogen and oxygen atoms in total. The number of carboxylic acids is 1. The molecule has 0 fully saturated rings. The van der Waals surface area contributed by atoms with Gasteiger partial charge in [-0.1, -0.05) is 24.3 Å². The molecule has 0 spiro atoms. The lowest BCUT2D eigenvalue weighted by atomic mass is 10.0. The van der Waals surface area contributed by atoms with Gasteiger partial charge in [-0.2, -0.15) is 0 Å². The lowest BCUT2D eigenvalue weighted by Gasteiger charge is -2.03. The van der Waals surface area contributed by atoms with E-state index in [0.717, 1.165) is 16.6 Å². The van der Waals surface area contributed by atoms with E-state index in [9.17, 15) is 9.90 Å². The minimum absolute atomic E-state index is 0.0278. The molecule has 0 amide bonds. The highest BCUT2D eigenvalue weighted by atomic mass is 16.4. The molecular formula is C16H14N2O3. The van der Waals surface area contributed by atoms with Crippen LogP contribution in [-0.4, -0.2) is 26.2 Å². The second-order valence-electron chi connectivity index (χ2n) is 4.83. The predicted molar refractivity (Wildman–Crippen MR) is 78.2 cm³/mol. The second-order valence-corrected chi connectivity index (χ2v) is 4.83. The Morgan fingerprint density at radius 3 is 2.76 bits per heavy atom. The van der Waals surface area contributed by atoms with E-state index in [2.05, 4.69) is 9.97 Å². The summed E-state index contributed by atoms with van der Waals surface area (Å²) >= 11 is 0. The molecule has 0 aliphatic rings. The summed E-state index contributed by atoms with van der Waals surface area (Å²) in [6.07, 6.45) is 0.422. The van der Waals surface area contributed by atoms with Crippen LogP contribution in [0.25, 0.3) is 11.0 Å². The van der Waals surface area contributed by atoms with Gasteiger partial charge in [0.2, 0.25) is 0 Å². The SMILES string of the molecule is O=C(O)c1ccccc1Cc1nc2cc(CO)ccc2[nH]1. The standard InChI is InChI=1S/C16H14N2O3/c19-9-10-5-6-13-14(7-10)18-15(17-13)8-11-3-1-2-4-12(11)16(20)21/h1-7,19H,8-9H2,(H,17,18)(H,20,21). The monoisotopic (exact) mass is 282 g/mol. The Morgan fingerprint density at radius 1 is 1.19 bits per heavy atom. The Morgan fingerprint density at radius 2 is 2.00 bits per heavy atom. The van der Waals surface area contributed by atoms with E-state index in [1.807, 2.05) is 24.3 Å². The fraction of sp³-hybridized carbons (Fsp3) is 0.125. The quantitative estimate of drug-likeness (QED) is 0.685. The second kappa shape index (κ2) is 5.38. The van der Waals surface area contributed by atoms with Crippen LogP contribution in [0.15, 0.2) is 42.5 Å². The van der Waals surface area contributed by atoms with Crippen molar-refractivity contribution in [3.63, 3.8) is 0 Å². The molecule has 0 saturated heterocycles. The van der Waals surface area contributed by atoms with Gasteiger partial charge in [-0.25, -0.2) is 9.78 Å². The third-order valence-electron chi connectivity index (χ3n) is 3.38. The first-order chi connectivity index (χ1) is 10.2. The van der Waals surface area contributed by atoms with Crippen molar-refractivity contribution in [2.75, 3.05) is 0 Å². The number of hydrogen-bond donors (Lipinski definition) is 3. The zero-order chi connectivity index (χ0) is 14.8. The molecule has 3 N–H and O–H groups in total. The summed E-state index contributed by atoms with van der Waals surface area (Å²) in [7, 11) is 0. The Kier molecular flexibility index (Phi) is 3.41. The summed E-state index contributed by atoms with van der Waals surface area (Å²) in [6, 6.07) is 12.4. The van der Waals surface area contributed by atoms with E-state index in [0.29, 0.717) is 17.8 Å². The first-order valence-electron chi connectivity index (χ1n) is 6.57. The minimum Gasteiger partial charge on any atom is -0.478 e. The molecule has 0 atom stereocenters. The van der Waals surface area contributed by atoms with E-state index in [1.165, 1.54) is 0 Å². The molecule has 0 aliphatic carbocycles. The van der Waals surface area contributed by atoms with Crippen molar-refractivity contribution in [2.45, 2.75) is 13.0 Å². The predicted octanol–water partition coefficient (Wildman–Crippen LogP) is 2.34. The Labute approximate surface area is 120 Å².